The van der Waals surface area contributed by atoms with E-state index in [0.717, 1.165) is 0 Å². The van der Waals surface area contributed by atoms with Gasteiger partial charge in [-0.05, 0) is 31.9 Å². The Morgan fingerprint density at radius 2 is 1.31 bits per heavy atom. The Morgan fingerprint density at radius 1 is 1.00 bits per heavy atom. The molecule has 0 heterocycles. The monoisotopic (exact) mass is 322 g/mol. The molecule has 0 aliphatic rings. The fourth-order valence-corrected chi connectivity index (χ4v) is 0.346. The standard InChI is InChI=1S/C5H10Br2O2.C2H6O2/c1-4(2,3-8)5(6,7)9;3-1-2-4/h8-9H,3H2,1-2H3;3-4H,1-2H2. The van der Waals surface area contributed by atoms with Gasteiger partial charge in [-0.1, -0.05) is 13.8 Å². The van der Waals surface area contributed by atoms with Gasteiger partial charge in [-0.25, -0.2) is 0 Å². The molecule has 82 valence electrons. The molecule has 13 heavy (non-hydrogen) atoms. The Balaban J connectivity index is 0. The predicted octanol–water partition coefficient (Wildman–Crippen LogP) is 0.412. The largest absolute Gasteiger partial charge is 0.396 e. The number of rotatable bonds is 3. The van der Waals surface area contributed by atoms with Gasteiger partial charge in [-0.15, -0.1) is 0 Å². The summed E-state index contributed by atoms with van der Waals surface area (Å²) in [7, 11) is 0. The summed E-state index contributed by atoms with van der Waals surface area (Å²) in [6.07, 6.45) is 0. The van der Waals surface area contributed by atoms with Gasteiger partial charge >= 0.3 is 0 Å². The number of hydrogen-bond donors (Lipinski definition) is 4. The molecule has 0 radical (unpaired) electrons. The topological polar surface area (TPSA) is 80.9 Å². The summed E-state index contributed by atoms with van der Waals surface area (Å²) >= 11 is 5.94. The van der Waals surface area contributed by atoms with E-state index in [1.807, 2.05) is 0 Å². The van der Waals surface area contributed by atoms with Crippen molar-refractivity contribution < 1.29 is 20.4 Å². The first-order chi connectivity index (χ1) is 5.72. The normalized spacial score (nSPS) is 12.0. The van der Waals surface area contributed by atoms with Gasteiger partial charge in [0.05, 0.1) is 19.8 Å². The molecular weight excluding hydrogens is 308 g/mol. The van der Waals surface area contributed by atoms with Gasteiger partial charge in [0.15, 0.2) is 3.42 Å². The minimum Gasteiger partial charge on any atom is -0.396 e. The second kappa shape index (κ2) is 7.14. The molecule has 0 bridgehead atoms. The van der Waals surface area contributed by atoms with E-state index in [1.165, 1.54) is 0 Å². The molecule has 0 aliphatic carbocycles. The Kier molecular flexibility index (Phi) is 8.92. The summed E-state index contributed by atoms with van der Waals surface area (Å²) < 4.78 is -1.18. The lowest BCUT2D eigenvalue weighted by Gasteiger charge is -2.31. The third-order valence-corrected chi connectivity index (χ3v) is 3.46. The van der Waals surface area contributed by atoms with Gasteiger partial charge in [-0.2, -0.15) is 0 Å². The van der Waals surface area contributed by atoms with E-state index < -0.39 is 8.83 Å². The van der Waals surface area contributed by atoms with Crippen molar-refractivity contribution in [1.29, 1.82) is 0 Å². The number of halogens is 2. The molecule has 4 nitrogen and oxygen atoms in total. The van der Waals surface area contributed by atoms with Crippen molar-refractivity contribution in [2.75, 3.05) is 19.8 Å². The fraction of sp³-hybridized carbons (Fsp3) is 1.00. The second-order valence-electron chi connectivity index (χ2n) is 3.03. The van der Waals surface area contributed by atoms with Crippen LogP contribution in [-0.2, 0) is 0 Å². The van der Waals surface area contributed by atoms with E-state index in [9.17, 15) is 5.11 Å². The van der Waals surface area contributed by atoms with Crippen molar-refractivity contribution in [2.24, 2.45) is 5.41 Å². The fourth-order valence-electron chi connectivity index (χ4n) is 0.0951. The average molecular weight is 324 g/mol. The molecule has 4 N–H and O–H groups in total. The first-order valence-electron chi connectivity index (χ1n) is 3.65. The van der Waals surface area contributed by atoms with Crippen LogP contribution >= 0.6 is 31.9 Å². The van der Waals surface area contributed by atoms with Crippen LogP contribution in [0.3, 0.4) is 0 Å². The third-order valence-electron chi connectivity index (χ3n) is 1.31. The van der Waals surface area contributed by atoms with E-state index in [1.54, 1.807) is 13.8 Å². The van der Waals surface area contributed by atoms with Crippen LogP contribution in [0.5, 0.6) is 0 Å². The van der Waals surface area contributed by atoms with Gasteiger partial charge in [0.25, 0.3) is 0 Å². The number of hydrogen-bond acceptors (Lipinski definition) is 4. The highest BCUT2D eigenvalue weighted by atomic mass is 79.9. The molecule has 0 aromatic rings. The SMILES string of the molecule is CC(C)(CO)C(O)(Br)Br.OCCO. The van der Waals surface area contributed by atoms with E-state index >= 15 is 0 Å². The lowest BCUT2D eigenvalue weighted by atomic mass is 9.96. The molecule has 0 aromatic heterocycles. The molecule has 0 aliphatic heterocycles. The molecule has 0 amide bonds. The molecule has 0 aromatic carbocycles. The maximum absolute atomic E-state index is 9.22. The second-order valence-corrected chi connectivity index (χ2v) is 6.39. The van der Waals surface area contributed by atoms with Crippen molar-refractivity contribution in [3.05, 3.63) is 0 Å². The lowest BCUT2D eigenvalue weighted by molar-refractivity contribution is 0.0508. The van der Waals surface area contributed by atoms with E-state index in [-0.39, 0.29) is 19.8 Å². The molecule has 0 atom stereocenters. The van der Waals surface area contributed by atoms with Crippen LogP contribution in [0.15, 0.2) is 0 Å². The summed E-state index contributed by atoms with van der Waals surface area (Å²) in [6.45, 7) is 3.13. The van der Waals surface area contributed by atoms with Crippen molar-refractivity contribution in [3.8, 4) is 0 Å². The number of aliphatic hydroxyl groups excluding tert-OH is 3. The van der Waals surface area contributed by atoms with E-state index in [4.69, 9.17) is 15.3 Å². The summed E-state index contributed by atoms with van der Waals surface area (Å²) in [6, 6.07) is 0. The Morgan fingerprint density at radius 3 is 1.31 bits per heavy atom. The number of aliphatic hydroxyl groups is 4. The molecule has 0 rings (SSSR count). The summed E-state index contributed by atoms with van der Waals surface area (Å²) in [5.74, 6) is 0. The molecular formula is C7H16Br2O4. The Hall–Kier alpha value is 0.800. The minimum absolute atomic E-state index is 0.0833. The zero-order chi connectivity index (χ0) is 11.1. The summed E-state index contributed by atoms with van der Waals surface area (Å²) in [4.78, 5) is 0. The maximum Gasteiger partial charge on any atom is 0.182 e. The van der Waals surface area contributed by atoms with Gasteiger partial charge in [-0.3, -0.25) is 0 Å². The van der Waals surface area contributed by atoms with Crippen molar-refractivity contribution in [3.63, 3.8) is 0 Å². The van der Waals surface area contributed by atoms with Gasteiger partial charge in [0.1, 0.15) is 0 Å². The van der Waals surface area contributed by atoms with E-state index in [2.05, 4.69) is 31.9 Å². The first-order valence-corrected chi connectivity index (χ1v) is 5.24. The highest BCUT2D eigenvalue weighted by Gasteiger charge is 2.38. The summed E-state index contributed by atoms with van der Waals surface area (Å²) in [5.41, 5.74) is -0.576. The van der Waals surface area contributed by atoms with Gasteiger partial charge in [0.2, 0.25) is 0 Å². The number of alkyl halides is 2. The van der Waals surface area contributed by atoms with Crippen LogP contribution in [0.4, 0.5) is 0 Å². The zero-order valence-electron chi connectivity index (χ0n) is 7.67. The van der Waals surface area contributed by atoms with Crippen LogP contribution in [0.25, 0.3) is 0 Å². The van der Waals surface area contributed by atoms with Crippen LogP contribution in [0, 0.1) is 5.41 Å². The van der Waals surface area contributed by atoms with Gasteiger partial charge < -0.3 is 20.4 Å². The molecule has 0 spiro atoms. The van der Waals surface area contributed by atoms with Crippen LogP contribution in [0.1, 0.15) is 13.8 Å². The summed E-state index contributed by atoms with van der Waals surface area (Å²) in [5, 5.41) is 33.2. The van der Waals surface area contributed by atoms with E-state index in [0.29, 0.717) is 0 Å². The van der Waals surface area contributed by atoms with Crippen molar-refractivity contribution in [1.82, 2.24) is 0 Å². The smallest absolute Gasteiger partial charge is 0.182 e. The highest BCUT2D eigenvalue weighted by Crippen LogP contribution is 2.40. The Labute approximate surface area is 94.8 Å². The third kappa shape index (κ3) is 7.84. The molecule has 0 unspecified atom stereocenters. The molecule has 0 saturated heterocycles. The molecule has 6 heteroatoms. The molecule has 0 fully saturated rings. The highest BCUT2D eigenvalue weighted by molar-refractivity contribution is 9.25. The lowest BCUT2D eigenvalue weighted by Crippen LogP contribution is -2.36. The quantitative estimate of drug-likeness (QED) is 0.567. The van der Waals surface area contributed by atoms with Crippen LogP contribution in [-0.4, -0.2) is 43.7 Å². The maximum atomic E-state index is 9.22. The zero-order valence-corrected chi connectivity index (χ0v) is 10.8. The minimum atomic E-state index is -1.18. The van der Waals surface area contributed by atoms with Gasteiger partial charge in [0, 0.05) is 5.41 Å². The Bertz CT molecular complexity index is 120. The predicted molar refractivity (Wildman–Crippen MR) is 57.8 cm³/mol. The average Bonchev–Trinajstić information content (AvgIpc) is 2.03. The molecule has 0 saturated carbocycles. The van der Waals surface area contributed by atoms with Crippen molar-refractivity contribution >= 4 is 31.9 Å². The van der Waals surface area contributed by atoms with Crippen LogP contribution in [0.2, 0.25) is 0 Å². The van der Waals surface area contributed by atoms with Crippen LogP contribution < -0.4 is 0 Å². The van der Waals surface area contributed by atoms with Crippen molar-refractivity contribution in [2.45, 2.75) is 17.3 Å². The first kappa shape index (κ1) is 16.2.